The molecule has 0 heterocycles. The fourth-order valence-corrected chi connectivity index (χ4v) is 1.08. The number of nitrogens with zero attached hydrogens (tertiary/aromatic N) is 1. The van der Waals surface area contributed by atoms with E-state index in [1.54, 1.807) is 0 Å². The third-order valence-electron chi connectivity index (χ3n) is 1.77. The maximum atomic E-state index is 8.91. The van der Waals surface area contributed by atoms with Gasteiger partial charge in [0.25, 0.3) is 0 Å². The molecule has 3 nitrogen and oxygen atoms in total. The van der Waals surface area contributed by atoms with E-state index in [0.29, 0.717) is 6.42 Å². The first kappa shape index (κ1) is 15.0. The van der Waals surface area contributed by atoms with E-state index in [0.717, 1.165) is 6.42 Å². The molecule has 5 heteroatoms. The molecule has 0 aliphatic carbocycles. The molecule has 0 aliphatic heterocycles. The monoisotopic (exact) mass is 217 g/mol. The Bertz CT molecular complexity index is 106. The molecule has 0 bridgehead atoms. The number of aliphatic hydroxyl groups is 2. The molecule has 1 atom stereocenters. The van der Waals surface area contributed by atoms with Gasteiger partial charge in [-0.1, -0.05) is 0 Å². The SMILES string of the molecule is C[N+](C)(Cl)C(CO)CCCO.[Cl-]. The molecule has 0 radical (unpaired) electrons. The molecule has 0 aromatic carbocycles. The van der Waals surface area contributed by atoms with Crippen LogP contribution < -0.4 is 12.4 Å². The molecule has 0 aromatic rings. The van der Waals surface area contributed by atoms with E-state index in [4.69, 9.17) is 22.0 Å². The molecular formula is C7H17Cl2NO2. The van der Waals surface area contributed by atoms with Crippen molar-refractivity contribution >= 4 is 11.8 Å². The predicted molar refractivity (Wildman–Crippen MR) is 45.2 cm³/mol. The van der Waals surface area contributed by atoms with Crippen molar-refractivity contribution in [2.75, 3.05) is 27.3 Å². The first-order valence-electron chi connectivity index (χ1n) is 3.77. The predicted octanol–water partition coefficient (Wildman–Crippen LogP) is -2.65. The molecule has 0 rings (SSSR count). The number of hydrogen-bond donors (Lipinski definition) is 2. The van der Waals surface area contributed by atoms with E-state index in [-0.39, 0.29) is 35.7 Å². The Kier molecular flexibility index (Phi) is 8.63. The van der Waals surface area contributed by atoms with E-state index < -0.39 is 0 Å². The molecule has 0 fully saturated rings. The van der Waals surface area contributed by atoms with Gasteiger partial charge in [-0.3, -0.25) is 0 Å². The topological polar surface area (TPSA) is 40.5 Å². The van der Waals surface area contributed by atoms with Gasteiger partial charge >= 0.3 is 0 Å². The van der Waals surface area contributed by atoms with Crippen molar-refractivity contribution in [1.29, 1.82) is 0 Å². The molecule has 0 saturated carbocycles. The van der Waals surface area contributed by atoms with Gasteiger partial charge in [0.2, 0.25) is 0 Å². The van der Waals surface area contributed by atoms with Gasteiger partial charge in [0.05, 0.1) is 20.7 Å². The third kappa shape index (κ3) is 6.03. The quantitative estimate of drug-likeness (QED) is 0.495. The van der Waals surface area contributed by atoms with E-state index in [2.05, 4.69) is 0 Å². The lowest BCUT2D eigenvalue weighted by Crippen LogP contribution is -3.00. The van der Waals surface area contributed by atoms with E-state index in [1.807, 2.05) is 14.1 Å². The van der Waals surface area contributed by atoms with Crippen LogP contribution in [-0.2, 0) is 0 Å². The Hall–Kier alpha value is 0.460. The van der Waals surface area contributed by atoms with Gasteiger partial charge in [0.1, 0.15) is 6.04 Å². The molecule has 0 aliphatic rings. The van der Waals surface area contributed by atoms with Crippen LogP contribution in [0.1, 0.15) is 12.8 Å². The first-order valence-corrected chi connectivity index (χ1v) is 4.11. The molecule has 0 saturated heterocycles. The van der Waals surface area contributed by atoms with Gasteiger partial charge in [-0.05, 0) is 6.42 Å². The van der Waals surface area contributed by atoms with Crippen molar-refractivity contribution in [3.63, 3.8) is 0 Å². The number of rotatable bonds is 5. The van der Waals surface area contributed by atoms with Crippen LogP contribution in [0.2, 0.25) is 0 Å². The average molecular weight is 218 g/mol. The Morgan fingerprint density at radius 2 is 1.83 bits per heavy atom. The van der Waals surface area contributed by atoms with Gasteiger partial charge in [0, 0.05) is 13.0 Å². The average Bonchev–Trinajstić information content (AvgIpc) is 1.87. The summed E-state index contributed by atoms with van der Waals surface area (Å²) >= 11 is 5.93. The van der Waals surface area contributed by atoms with Gasteiger partial charge in [-0.2, -0.15) is 0 Å². The number of quaternary nitrogens is 1. The molecule has 0 aromatic heterocycles. The zero-order valence-electron chi connectivity index (χ0n) is 7.50. The van der Waals surface area contributed by atoms with Gasteiger partial charge in [0.15, 0.2) is 11.8 Å². The molecule has 0 spiro atoms. The summed E-state index contributed by atoms with van der Waals surface area (Å²) in [6.45, 7) is 0.226. The minimum Gasteiger partial charge on any atom is -1.00 e. The first-order chi connectivity index (χ1) is 5.02. The van der Waals surface area contributed by atoms with Crippen molar-refractivity contribution < 1.29 is 26.6 Å². The largest absolute Gasteiger partial charge is 1.00 e. The molecular weight excluding hydrogens is 201 g/mol. The number of aliphatic hydroxyl groups excluding tert-OH is 2. The van der Waals surface area contributed by atoms with E-state index >= 15 is 0 Å². The normalized spacial score (nSPS) is 13.8. The lowest BCUT2D eigenvalue weighted by atomic mass is 10.1. The van der Waals surface area contributed by atoms with Crippen molar-refractivity contribution in [2.45, 2.75) is 18.9 Å². The lowest BCUT2D eigenvalue weighted by molar-refractivity contribution is -0.802. The van der Waals surface area contributed by atoms with E-state index in [1.165, 1.54) is 0 Å². The zero-order chi connectivity index (χ0) is 8.91. The maximum Gasteiger partial charge on any atom is 0.165 e. The molecule has 0 amide bonds. The minimum atomic E-state index is 0. The fraction of sp³-hybridized carbons (Fsp3) is 1.00. The summed E-state index contributed by atoms with van der Waals surface area (Å²) in [5.74, 6) is 0. The number of hydrogen-bond acceptors (Lipinski definition) is 2. The fourth-order valence-electron chi connectivity index (χ4n) is 0.919. The zero-order valence-corrected chi connectivity index (χ0v) is 9.02. The van der Waals surface area contributed by atoms with Crippen LogP contribution in [0.25, 0.3) is 0 Å². The summed E-state index contributed by atoms with van der Waals surface area (Å²) in [6.07, 6.45) is 1.45. The summed E-state index contributed by atoms with van der Waals surface area (Å²) in [5, 5.41) is 17.5. The second-order valence-electron chi connectivity index (χ2n) is 3.10. The molecule has 12 heavy (non-hydrogen) atoms. The summed E-state index contributed by atoms with van der Waals surface area (Å²) < 4.78 is 0.233. The van der Waals surface area contributed by atoms with Gasteiger partial charge in [-0.15, -0.1) is 0 Å². The summed E-state index contributed by atoms with van der Waals surface area (Å²) in [4.78, 5) is 0. The second-order valence-corrected chi connectivity index (χ2v) is 3.97. The Morgan fingerprint density at radius 3 is 2.08 bits per heavy atom. The highest BCUT2D eigenvalue weighted by atomic mass is 35.5. The lowest BCUT2D eigenvalue weighted by Gasteiger charge is -2.27. The summed E-state index contributed by atoms with van der Waals surface area (Å²) in [5.41, 5.74) is 0. The summed E-state index contributed by atoms with van der Waals surface area (Å²) in [7, 11) is 3.64. The standard InChI is InChI=1S/C7H17ClNO2.ClH/c1-9(2,8)7(6-11)4-3-5-10;/h7,10-11H,3-6H2,1-2H3;1H/q+1;/p-1. The third-order valence-corrected chi connectivity index (χ3v) is 2.05. The maximum absolute atomic E-state index is 8.91. The highest BCUT2D eigenvalue weighted by Crippen LogP contribution is 2.14. The number of likely N-dealkylation sites (N-methyl/N-ethyl adjacent to an activating group) is 1. The van der Waals surface area contributed by atoms with Crippen molar-refractivity contribution in [3.8, 4) is 0 Å². The molecule has 1 unspecified atom stereocenters. The molecule has 2 N–H and O–H groups in total. The van der Waals surface area contributed by atoms with Gasteiger partial charge in [-0.25, -0.2) is 4.00 Å². The highest BCUT2D eigenvalue weighted by Gasteiger charge is 2.25. The van der Waals surface area contributed by atoms with Crippen LogP contribution in [0, 0.1) is 0 Å². The minimum absolute atomic E-state index is 0. The van der Waals surface area contributed by atoms with Crippen LogP contribution >= 0.6 is 11.8 Å². The van der Waals surface area contributed by atoms with Crippen molar-refractivity contribution in [2.24, 2.45) is 0 Å². The molecule has 76 valence electrons. The van der Waals surface area contributed by atoms with Crippen LogP contribution in [-0.4, -0.2) is 47.6 Å². The van der Waals surface area contributed by atoms with E-state index in [9.17, 15) is 0 Å². The summed E-state index contributed by atoms with van der Waals surface area (Å²) in [6, 6.07) is 0.0174. The highest BCUT2D eigenvalue weighted by molar-refractivity contribution is 6.06. The Balaban J connectivity index is 0. The van der Waals surface area contributed by atoms with Crippen LogP contribution in [0.5, 0.6) is 0 Å². The Morgan fingerprint density at radius 1 is 1.33 bits per heavy atom. The van der Waals surface area contributed by atoms with Crippen molar-refractivity contribution in [1.82, 2.24) is 0 Å². The van der Waals surface area contributed by atoms with Crippen LogP contribution in [0.15, 0.2) is 0 Å². The van der Waals surface area contributed by atoms with Gasteiger partial charge < -0.3 is 22.6 Å². The smallest absolute Gasteiger partial charge is 0.165 e. The second kappa shape index (κ2) is 6.92. The Labute approximate surface area is 85.1 Å². The number of halogens is 2. The van der Waals surface area contributed by atoms with Crippen LogP contribution in [0.4, 0.5) is 0 Å². The van der Waals surface area contributed by atoms with Crippen molar-refractivity contribution in [3.05, 3.63) is 0 Å². The van der Waals surface area contributed by atoms with Crippen LogP contribution in [0.3, 0.4) is 0 Å².